The van der Waals surface area contributed by atoms with E-state index in [0.29, 0.717) is 5.75 Å². The number of esters is 1. The summed E-state index contributed by atoms with van der Waals surface area (Å²) in [5.41, 5.74) is 1.80. The smallest absolute Gasteiger partial charge is 0.325 e. The van der Waals surface area contributed by atoms with Gasteiger partial charge < -0.3 is 10.1 Å². The van der Waals surface area contributed by atoms with Crippen molar-refractivity contribution in [2.45, 2.75) is 12.7 Å². The van der Waals surface area contributed by atoms with E-state index in [4.69, 9.17) is 0 Å². The van der Waals surface area contributed by atoms with Crippen molar-refractivity contribution in [3.8, 4) is 0 Å². The fourth-order valence-corrected chi connectivity index (χ4v) is 2.42. The molecule has 94 valence electrons. The van der Waals surface area contributed by atoms with Crippen LogP contribution in [-0.2, 0) is 20.1 Å². The molecule has 0 saturated carbocycles. The zero-order valence-electron chi connectivity index (χ0n) is 9.56. The van der Waals surface area contributed by atoms with Gasteiger partial charge in [0, 0.05) is 5.75 Å². The van der Waals surface area contributed by atoms with Crippen LogP contribution in [0.4, 0.5) is 0 Å². The molecule has 1 heterocycles. The highest BCUT2D eigenvalue weighted by molar-refractivity contribution is 7.99. The number of rotatable bonds is 6. The summed E-state index contributed by atoms with van der Waals surface area (Å²) in [6.07, 6.45) is 0. The van der Waals surface area contributed by atoms with Crippen molar-refractivity contribution >= 4 is 35.4 Å². The SMILES string of the molecule is COC(=O)CNC(=O)CSCc1nsnc1C. The van der Waals surface area contributed by atoms with E-state index in [0.717, 1.165) is 11.4 Å². The van der Waals surface area contributed by atoms with E-state index in [9.17, 15) is 9.59 Å². The monoisotopic (exact) mass is 275 g/mol. The first-order valence-corrected chi connectivity index (χ1v) is 6.71. The quantitative estimate of drug-likeness (QED) is 0.755. The Morgan fingerprint density at radius 3 is 2.82 bits per heavy atom. The predicted molar refractivity (Wildman–Crippen MR) is 65.8 cm³/mol. The number of aryl methyl sites for hydroxylation is 1. The van der Waals surface area contributed by atoms with Gasteiger partial charge in [0.25, 0.3) is 0 Å². The van der Waals surface area contributed by atoms with Crippen molar-refractivity contribution in [1.82, 2.24) is 14.1 Å². The molecule has 0 saturated heterocycles. The zero-order valence-corrected chi connectivity index (χ0v) is 11.2. The van der Waals surface area contributed by atoms with Crippen molar-refractivity contribution in [1.29, 1.82) is 0 Å². The molecule has 0 aliphatic heterocycles. The lowest BCUT2D eigenvalue weighted by atomic mass is 10.4. The van der Waals surface area contributed by atoms with Crippen LogP contribution in [0.3, 0.4) is 0 Å². The summed E-state index contributed by atoms with van der Waals surface area (Å²) in [5.74, 6) is 0.284. The lowest BCUT2D eigenvalue weighted by Gasteiger charge is -2.03. The summed E-state index contributed by atoms with van der Waals surface area (Å²) in [4.78, 5) is 22.1. The standard InChI is InChI=1S/C9H13N3O3S2/c1-6-7(12-17-11-6)4-16-5-8(13)10-3-9(14)15-2/h3-5H2,1-2H3,(H,10,13). The first-order chi connectivity index (χ1) is 8.13. The third-order valence-corrected chi connectivity index (χ3v) is 3.48. The Morgan fingerprint density at radius 1 is 1.47 bits per heavy atom. The van der Waals surface area contributed by atoms with Crippen LogP contribution in [-0.4, -0.2) is 40.0 Å². The number of carbonyl (C=O) groups excluding carboxylic acids is 2. The first kappa shape index (κ1) is 13.9. The second-order valence-electron chi connectivity index (χ2n) is 3.14. The Hall–Kier alpha value is -1.15. The van der Waals surface area contributed by atoms with Crippen molar-refractivity contribution in [3.63, 3.8) is 0 Å². The zero-order chi connectivity index (χ0) is 12.7. The lowest BCUT2D eigenvalue weighted by molar-refractivity contribution is -0.140. The van der Waals surface area contributed by atoms with E-state index in [1.165, 1.54) is 30.6 Å². The molecule has 0 aliphatic rings. The van der Waals surface area contributed by atoms with Crippen molar-refractivity contribution in [2.75, 3.05) is 19.4 Å². The van der Waals surface area contributed by atoms with E-state index >= 15 is 0 Å². The van der Waals surface area contributed by atoms with Gasteiger partial charge in [0.2, 0.25) is 5.91 Å². The van der Waals surface area contributed by atoms with E-state index in [1.807, 2.05) is 6.92 Å². The average molecular weight is 275 g/mol. The number of ether oxygens (including phenoxy) is 1. The molecule has 0 aromatic carbocycles. The molecular weight excluding hydrogens is 262 g/mol. The summed E-state index contributed by atoms with van der Waals surface area (Å²) in [5, 5.41) is 2.46. The molecule has 0 bridgehead atoms. The topological polar surface area (TPSA) is 81.2 Å². The third-order valence-electron chi connectivity index (χ3n) is 1.88. The number of carbonyl (C=O) groups is 2. The second kappa shape index (κ2) is 7.23. The average Bonchev–Trinajstić information content (AvgIpc) is 2.72. The molecule has 17 heavy (non-hydrogen) atoms. The number of aromatic nitrogens is 2. The number of amides is 1. The van der Waals surface area contributed by atoms with E-state index < -0.39 is 5.97 Å². The third kappa shape index (κ3) is 5.14. The maximum atomic E-state index is 11.3. The highest BCUT2D eigenvalue weighted by Gasteiger charge is 2.07. The maximum Gasteiger partial charge on any atom is 0.325 e. The normalized spacial score (nSPS) is 10.0. The highest BCUT2D eigenvalue weighted by Crippen LogP contribution is 2.13. The highest BCUT2D eigenvalue weighted by atomic mass is 32.2. The van der Waals surface area contributed by atoms with Crippen LogP contribution in [0.15, 0.2) is 0 Å². The fourth-order valence-electron chi connectivity index (χ4n) is 0.915. The Morgan fingerprint density at radius 2 is 2.24 bits per heavy atom. The molecule has 1 amide bonds. The molecule has 0 aliphatic carbocycles. The van der Waals surface area contributed by atoms with Gasteiger partial charge >= 0.3 is 5.97 Å². The fraction of sp³-hybridized carbons (Fsp3) is 0.556. The Labute approximate surface area is 107 Å². The number of hydrogen-bond acceptors (Lipinski definition) is 7. The second-order valence-corrected chi connectivity index (χ2v) is 4.66. The minimum atomic E-state index is -0.456. The van der Waals surface area contributed by atoms with E-state index in [2.05, 4.69) is 18.8 Å². The molecule has 0 radical (unpaired) electrons. The number of hydrogen-bond donors (Lipinski definition) is 1. The number of nitrogens with zero attached hydrogens (tertiary/aromatic N) is 2. The van der Waals surface area contributed by atoms with Gasteiger partial charge in [-0.15, -0.1) is 11.8 Å². The molecule has 6 nitrogen and oxygen atoms in total. The van der Waals surface area contributed by atoms with Crippen LogP contribution < -0.4 is 5.32 Å². The van der Waals surface area contributed by atoms with Gasteiger partial charge in [-0.1, -0.05) is 0 Å². The largest absolute Gasteiger partial charge is 0.468 e. The summed E-state index contributed by atoms with van der Waals surface area (Å²) >= 11 is 2.60. The van der Waals surface area contributed by atoms with Gasteiger partial charge in [0.05, 0.1) is 36.0 Å². The molecule has 0 spiro atoms. The van der Waals surface area contributed by atoms with Gasteiger partial charge in [0.15, 0.2) is 0 Å². The van der Waals surface area contributed by atoms with Crippen molar-refractivity contribution in [2.24, 2.45) is 0 Å². The van der Waals surface area contributed by atoms with Crippen molar-refractivity contribution in [3.05, 3.63) is 11.4 Å². The molecule has 1 N–H and O–H groups in total. The van der Waals surface area contributed by atoms with Crippen LogP contribution in [0, 0.1) is 6.92 Å². The van der Waals surface area contributed by atoms with Gasteiger partial charge in [-0.05, 0) is 6.92 Å². The van der Waals surface area contributed by atoms with Crippen molar-refractivity contribution < 1.29 is 14.3 Å². The molecule has 1 rings (SSSR count). The Bertz CT molecular complexity index is 395. The van der Waals surface area contributed by atoms with Gasteiger partial charge in [-0.25, -0.2) is 0 Å². The lowest BCUT2D eigenvalue weighted by Crippen LogP contribution is -2.31. The maximum absolute atomic E-state index is 11.3. The summed E-state index contributed by atoms with van der Waals surface area (Å²) in [6, 6.07) is 0. The van der Waals surface area contributed by atoms with Crippen LogP contribution in [0.25, 0.3) is 0 Å². The van der Waals surface area contributed by atoms with Crippen LogP contribution in [0.5, 0.6) is 0 Å². The summed E-state index contributed by atoms with van der Waals surface area (Å²) < 4.78 is 12.5. The molecule has 0 atom stereocenters. The minimum Gasteiger partial charge on any atom is -0.468 e. The number of thioether (sulfide) groups is 1. The number of nitrogens with one attached hydrogen (secondary N) is 1. The summed E-state index contributed by atoms with van der Waals surface area (Å²) in [6.45, 7) is 1.80. The molecule has 1 aromatic heterocycles. The summed E-state index contributed by atoms with van der Waals surface area (Å²) in [7, 11) is 1.28. The minimum absolute atomic E-state index is 0.0901. The van der Waals surface area contributed by atoms with Crippen LogP contribution in [0.2, 0.25) is 0 Å². The van der Waals surface area contributed by atoms with E-state index in [1.54, 1.807) is 0 Å². The molecule has 0 unspecified atom stereocenters. The van der Waals surface area contributed by atoms with Crippen LogP contribution in [0.1, 0.15) is 11.4 Å². The first-order valence-electron chi connectivity index (χ1n) is 4.82. The predicted octanol–water partition coefficient (Wildman–Crippen LogP) is 0.369. The molecular formula is C9H13N3O3S2. The van der Waals surface area contributed by atoms with E-state index in [-0.39, 0.29) is 18.2 Å². The molecule has 8 heteroatoms. The van der Waals surface area contributed by atoms with Gasteiger partial charge in [-0.3, -0.25) is 9.59 Å². The van der Waals surface area contributed by atoms with Gasteiger partial charge in [-0.2, -0.15) is 8.75 Å². The number of methoxy groups -OCH3 is 1. The Kier molecular flexibility index (Phi) is 5.92. The molecule has 0 fully saturated rings. The Balaban J connectivity index is 2.16. The molecule has 1 aromatic rings. The van der Waals surface area contributed by atoms with Crippen LogP contribution >= 0.6 is 23.5 Å². The van der Waals surface area contributed by atoms with Gasteiger partial charge in [0.1, 0.15) is 6.54 Å².